The molecule has 0 saturated carbocycles. The zero-order chi connectivity index (χ0) is 9.68. The summed E-state index contributed by atoms with van der Waals surface area (Å²) in [5.41, 5.74) is 5.28. The summed E-state index contributed by atoms with van der Waals surface area (Å²) in [7, 11) is 1.66. The summed E-state index contributed by atoms with van der Waals surface area (Å²) < 4.78 is 4.96. The molecule has 0 unspecified atom stereocenters. The van der Waals surface area contributed by atoms with Gasteiger partial charge in [0, 0.05) is 13.7 Å². The number of nitrogens with zero attached hydrogens (tertiary/aromatic N) is 1. The Morgan fingerprint density at radius 1 is 1.77 bits per heavy atom. The van der Waals surface area contributed by atoms with Crippen LogP contribution in [0, 0.1) is 6.42 Å². The highest BCUT2D eigenvalue weighted by atomic mass is 16.5. The van der Waals surface area contributed by atoms with Gasteiger partial charge in [-0.2, -0.15) is 0 Å². The Morgan fingerprint density at radius 2 is 2.54 bits per heavy atom. The van der Waals surface area contributed by atoms with Crippen LogP contribution in [0.2, 0.25) is 0 Å². The van der Waals surface area contributed by atoms with Gasteiger partial charge >= 0.3 is 0 Å². The fourth-order valence-electron chi connectivity index (χ4n) is 1.61. The summed E-state index contributed by atoms with van der Waals surface area (Å²) >= 11 is 0. The van der Waals surface area contributed by atoms with Crippen molar-refractivity contribution in [3.8, 4) is 0 Å². The van der Waals surface area contributed by atoms with Crippen molar-refractivity contribution in [2.45, 2.75) is 18.9 Å². The molecule has 1 amide bonds. The van der Waals surface area contributed by atoms with Crippen LogP contribution in [0.25, 0.3) is 0 Å². The molecular weight excluding hydrogens is 168 g/mol. The average molecular weight is 185 g/mol. The molecule has 1 rings (SSSR count). The van der Waals surface area contributed by atoms with Gasteiger partial charge in [0.2, 0.25) is 5.91 Å². The number of piperidine rings is 1. The van der Waals surface area contributed by atoms with Gasteiger partial charge in [-0.15, -0.1) is 0 Å². The Morgan fingerprint density at radius 3 is 3.15 bits per heavy atom. The van der Waals surface area contributed by atoms with E-state index >= 15 is 0 Å². The minimum Gasteiger partial charge on any atom is -0.383 e. The van der Waals surface area contributed by atoms with Crippen molar-refractivity contribution < 1.29 is 9.53 Å². The molecule has 75 valence electrons. The third-order valence-electron chi connectivity index (χ3n) is 2.31. The van der Waals surface area contributed by atoms with E-state index in [9.17, 15) is 4.79 Å². The van der Waals surface area contributed by atoms with Crippen molar-refractivity contribution >= 4 is 5.91 Å². The van der Waals surface area contributed by atoms with Crippen molar-refractivity contribution in [1.29, 1.82) is 0 Å². The van der Waals surface area contributed by atoms with Gasteiger partial charge in [0.05, 0.1) is 12.6 Å². The summed E-state index contributed by atoms with van der Waals surface area (Å²) in [6.07, 6.45) is 4.08. The number of hydrogen-bond donors (Lipinski definition) is 1. The van der Waals surface area contributed by atoms with Crippen molar-refractivity contribution in [2.24, 2.45) is 5.73 Å². The lowest BCUT2D eigenvalue weighted by Gasteiger charge is -2.32. The van der Waals surface area contributed by atoms with Gasteiger partial charge in [-0.25, -0.2) is 0 Å². The van der Waals surface area contributed by atoms with Crippen molar-refractivity contribution in [3.63, 3.8) is 0 Å². The minimum absolute atomic E-state index is 0.191. The van der Waals surface area contributed by atoms with E-state index in [0.29, 0.717) is 6.61 Å². The van der Waals surface area contributed by atoms with Crippen molar-refractivity contribution in [1.82, 2.24) is 4.90 Å². The predicted molar refractivity (Wildman–Crippen MR) is 50.0 cm³/mol. The van der Waals surface area contributed by atoms with Gasteiger partial charge in [0.25, 0.3) is 0 Å². The number of nitrogens with two attached hydrogens (primary N) is 1. The highest BCUT2D eigenvalue weighted by Gasteiger charge is 2.26. The number of carbonyl (C=O) groups excluding carboxylic acids is 1. The topological polar surface area (TPSA) is 55.6 Å². The lowest BCUT2D eigenvalue weighted by atomic mass is 10.0. The zero-order valence-electron chi connectivity index (χ0n) is 8.03. The minimum atomic E-state index is -0.254. The van der Waals surface area contributed by atoms with Gasteiger partial charge in [0.15, 0.2) is 0 Å². The number of methoxy groups -OCH3 is 1. The molecule has 4 nitrogen and oxygen atoms in total. The van der Waals surface area contributed by atoms with Gasteiger partial charge < -0.3 is 10.5 Å². The SMILES string of the molecule is COCCN1CCC[CH][C@H]1C(N)=O. The molecule has 1 heterocycles. The normalized spacial score (nSPS) is 24.5. The van der Waals surface area contributed by atoms with E-state index in [0.717, 1.165) is 25.9 Å². The zero-order valence-corrected chi connectivity index (χ0v) is 8.03. The predicted octanol–water partition coefficient (Wildman–Crippen LogP) is -0.213. The Labute approximate surface area is 79.0 Å². The van der Waals surface area contributed by atoms with Crippen LogP contribution in [0.5, 0.6) is 0 Å². The van der Waals surface area contributed by atoms with E-state index in [1.807, 2.05) is 6.42 Å². The van der Waals surface area contributed by atoms with Crippen molar-refractivity contribution in [2.75, 3.05) is 26.8 Å². The summed E-state index contributed by atoms with van der Waals surface area (Å²) in [5.74, 6) is -0.254. The second-order valence-corrected chi connectivity index (χ2v) is 3.25. The summed E-state index contributed by atoms with van der Waals surface area (Å²) in [6, 6.07) is -0.191. The first-order valence-electron chi connectivity index (χ1n) is 4.61. The number of rotatable bonds is 4. The van der Waals surface area contributed by atoms with Crippen LogP contribution < -0.4 is 5.73 Å². The van der Waals surface area contributed by atoms with Crippen LogP contribution in [0.4, 0.5) is 0 Å². The molecule has 4 heteroatoms. The van der Waals surface area contributed by atoms with Gasteiger partial charge in [-0.3, -0.25) is 9.69 Å². The molecule has 2 N–H and O–H groups in total. The van der Waals surface area contributed by atoms with E-state index in [2.05, 4.69) is 4.90 Å². The first kappa shape index (κ1) is 10.5. The first-order valence-corrected chi connectivity index (χ1v) is 4.61. The number of amides is 1. The first-order chi connectivity index (χ1) is 6.25. The number of ether oxygens (including phenoxy) is 1. The van der Waals surface area contributed by atoms with E-state index < -0.39 is 0 Å². The Kier molecular flexibility index (Phi) is 4.18. The van der Waals surface area contributed by atoms with E-state index in [1.165, 1.54) is 0 Å². The highest BCUT2D eigenvalue weighted by molar-refractivity contribution is 5.81. The molecule has 1 aliphatic heterocycles. The second-order valence-electron chi connectivity index (χ2n) is 3.25. The molecule has 1 atom stereocenters. The maximum atomic E-state index is 11.0. The Bertz CT molecular complexity index is 173. The van der Waals surface area contributed by atoms with Crippen LogP contribution in [0.15, 0.2) is 0 Å². The van der Waals surface area contributed by atoms with Gasteiger partial charge in [0.1, 0.15) is 0 Å². The molecule has 0 bridgehead atoms. The van der Waals surface area contributed by atoms with Gasteiger partial charge in [-0.05, 0) is 25.8 Å². The highest BCUT2D eigenvalue weighted by Crippen LogP contribution is 2.14. The third kappa shape index (κ3) is 2.97. The molecule has 0 aromatic carbocycles. The Balaban J connectivity index is 2.41. The fraction of sp³-hybridized carbons (Fsp3) is 0.778. The van der Waals surface area contributed by atoms with E-state index in [-0.39, 0.29) is 11.9 Å². The third-order valence-corrected chi connectivity index (χ3v) is 2.31. The number of hydrogen-bond acceptors (Lipinski definition) is 3. The molecule has 0 aromatic heterocycles. The van der Waals surface area contributed by atoms with E-state index in [1.54, 1.807) is 7.11 Å². The summed E-state index contributed by atoms with van der Waals surface area (Å²) in [4.78, 5) is 13.1. The lowest BCUT2D eigenvalue weighted by Crippen LogP contribution is -2.49. The fourth-order valence-corrected chi connectivity index (χ4v) is 1.61. The molecule has 1 fully saturated rings. The summed E-state index contributed by atoms with van der Waals surface area (Å²) in [5, 5.41) is 0. The quantitative estimate of drug-likeness (QED) is 0.659. The average Bonchev–Trinajstić information content (AvgIpc) is 2.15. The monoisotopic (exact) mass is 185 g/mol. The largest absolute Gasteiger partial charge is 0.383 e. The maximum Gasteiger partial charge on any atom is 0.235 e. The molecule has 0 aliphatic carbocycles. The number of primary amides is 1. The van der Waals surface area contributed by atoms with Crippen LogP contribution in [-0.4, -0.2) is 43.7 Å². The van der Waals surface area contributed by atoms with Crippen LogP contribution in [0.3, 0.4) is 0 Å². The van der Waals surface area contributed by atoms with Crippen LogP contribution >= 0.6 is 0 Å². The maximum absolute atomic E-state index is 11.0. The molecule has 13 heavy (non-hydrogen) atoms. The standard InChI is InChI=1S/C9H17N2O2/c1-13-7-6-11-5-3-2-4-8(11)9(10)12/h4,8H,2-3,5-7H2,1H3,(H2,10,12)/t8-/m0/s1. The van der Waals surface area contributed by atoms with Crippen LogP contribution in [-0.2, 0) is 9.53 Å². The molecule has 0 spiro atoms. The second kappa shape index (κ2) is 5.19. The smallest absolute Gasteiger partial charge is 0.235 e. The number of carbonyl (C=O) groups is 1. The molecular formula is C9H17N2O2. The molecule has 0 aromatic rings. The Hall–Kier alpha value is -0.610. The molecule has 1 radical (unpaired) electrons. The molecule has 1 saturated heterocycles. The lowest BCUT2D eigenvalue weighted by molar-refractivity contribution is -0.122. The van der Waals surface area contributed by atoms with Crippen molar-refractivity contribution in [3.05, 3.63) is 6.42 Å². The van der Waals surface area contributed by atoms with Gasteiger partial charge in [-0.1, -0.05) is 0 Å². The number of likely N-dealkylation sites (tertiary alicyclic amines) is 1. The van der Waals surface area contributed by atoms with Crippen LogP contribution in [0.1, 0.15) is 12.8 Å². The summed E-state index contributed by atoms with van der Waals surface area (Å²) in [6.45, 7) is 2.37. The molecule has 1 aliphatic rings. The van der Waals surface area contributed by atoms with E-state index in [4.69, 9.17) is 10.5 Å².